The number of aliphatic hydroxyl groups is 1. The van der Waals surface area contributed by atoms with Crippen LogP contribution >= 0.6 is 23.8 Å². The van der Waals surface area contributed by atoms with E-state index in [0.29, 0.717) is 36.3 Å². The Morgan fingerprint density at radius 3 is 2.41 bits per heavy atom. The van der Waals surface area contributed by atoms with Crippen molar-refractivity contribution in [3.63, 3.8) is 0 Å². The molecule has 1 aromatic carbocycles. The number of amides is 1. The second-order valence-corrected chi connectivity index (χ2v) is 12.6. The van der Waals surface area contributed by atoms with Crippen LogP contribution in [0.5, 0.6) is 0 Å². The fourth-order valence-electron chi connectivity index (χ4n) is 6.11. The third kappa shape index (κ3) is 12.2. The highest BCUT2D eigenvalue weighted by Gasteiger charge is 2.46. The predicted molar refractivity (Wildman–Crippen MR) is 173 cm³/mol. The van der Waals surface area contributed by atoms with Crippen molar-refractivity contribution in [1.82, 2.24) is 10.6 Å². The van der Waals surface area contributed by atoms with E-state index in [9.17, 15) is 4.79 Å². The Morgan fingerprint density at radius 2 is 1.75 bits per heavy atom. The molecule has 1 aromatic rings. The Hall–Kier alpha value is -1.79. The lowest BCUT2D eigenvalue weighted by molar-refractivity contribution is -0.204. The molecule has 1 amide bonds. The van der Waals surface area contributed by atoms with Crippen molar-refractivity contribution in [2.75, 3.05) is 33.0 Å². The number of thiocarbonyl (C=S) groups is 1. The molecule has 0 aromatic heterocycles. The highest BCUT2D eigenvalue weighted by molar-refractivity contribution is 7.80. The average Bonchev–Trinajstić information content (AvgIpc) is 3.35. The second-order valence-electron chi connectivity index (χ2n) is 11.8. The Balaban J connectivity index is 1.39. The number of unbranched alkanes of at least 4 members (excludes halogenated alkanes) is 1. The number of allylic oxidation sites excluding steroid dienone is 2. The lowest BCUT2D eigenvalue weighted by Gasteiger charge is -2.31. The van der Waals surface area contributed by atoms with Gasteiger partial charge < -0.3 is 39.4 Å². The second kappa shape index (κ2) is 19.7. The van der Waals surface area contributed by atoms with Gasteiger partial charge in [0.1, 0.15) is 0 Å². The molecule has 3 aliphatic rings. The smallest absolute Gasteiger partial charge is 0.256 e. The van der Waals surface area contributed by atoms with Crippen LogP contribution in [0.3, 0.4) is 0 Å². The molecule has 246 valence electrons. The van der Waals surface area contributed by atoms with Crippen molar-refractivity contribution in [3.8, 4) is 0 Å². The van der Waals surface area contributed by atoms with Crippen LogP contribution in [0.25, 0.3) is 0 Å². The van der Waals surface area contributed by atoms with Gasteiger partial charge in [0, 0.05) is 50.1 Å². The molecule has 3 N–H and O–H groups in total. The highest BCUT2D eigenvalue weighted by Crippen LogP contribution is 2.41. The monoisotopic (exact) mass is 652 g/mol. The standard InChI is InChI=1S/C33H49ClN2O7S/c34-25-11-9-10-24(20-25)22-36-33(44)41-23-27-26(12-3-1-2-4-13-30(38)35-16-17-37)28(42-31-14-5-7-18-39-31)21-29(27)43-32-15-6-8-19-40-32/h1,3,9-11,20,26-29,31-32,37H,2,4-8,12-19,21-23H2,(H,35,38)(H,36,44)/t26-,27?,28+,29-,31?,32?/m1/s1. The van der Waals surface area contributed by atoms with E-state index in [0.717, 1.165) is 83.0 Å². The van der Waals surface area contributed by atoms with Crippen LogP contribution in [0, 0.1) is 11.8 Å². The van der Waals surface area contributed by atoms with Gasteiger partial charge in [0.25, 0.3) is 5.17 Å². The lowest BCUT2D eigenvalue weighted by atomic mass is 9.90. The maximum Gasteiger partial charge on any atom is 0.256 e. The van der Waals surface area contributed by atoms with Crippen LogP contribution < -0.4 is 10.6 Å². The molecule has 2 aliphatic heterocycles. The van der Waals surface area contributed by atoms with Crippen molar-refractivity contribution in [1.29, 1.82) is 0 Å². The number of nitrogens with one attached hydrogen (secondary N) is 2. The summed E-state index contributed by atoms with van der Waals surface area (Å²) in [6, 6.07) is 7.65. The molecule has 9 nitrogen and oxygen atoms in total. The summed E-state index contributed by atoms with van der Waals surface area (Å²) in [6.45, 7) is 2.61. The molecule has 0 bridgehead atoms. The summed E-state index contributed by atoms with van der Waals surface area (Å²) < 4.78 is 31.3. The van der Waals surface area contributed by atoms with E-state index in [1.807, 2.05) is 24.3 Å². The van der Waals surface area contributed by atoms with Crippen LogP contribution in [0.2, 0.25) is 5.02 Å². The predicted octanol–water partition coefficient (Wildman–Crippen LogP) is 5.42. The Kier molecular flexibility index (Phi) is 15.7. The summed E-state index contributed by atoms with van der Waals surface area (Å²) in [5.74, 6) is 0.133. The average molecular weight is 653 g/mol. The lowest BCUT2D eigenvalue weighted by Crippen LogP contribution is -2.35. The van der Waals surface area contributed by atoms with Gasteiger partial charge in [-0.15, -0.1) is 0 Å². The first-order valence-electron chi connectivity index (χ1n) is 16.2. The van der Waals surface area contributed by atoms with Gasteiger partial charge in [0.15, 0.2) is 12.6 Å². The molecular weight excluding hydrogens is 604 g/mol. The molecule has 6 atom stereocenters. The Labute approximate surface area is 272 Å². The van der Waals surface area contributed by atoms with Crippen molar-refractivity contribution in [3.05, 3.63) is 47.0 Å². The summed E-state index contributed by atoms with van der Waals surface area (Å²) in [5.41, 5.74) is 1.02. The van der Waals surface area contributed by atoms with E-state index < -0.39 is 0 Å². The minimum Gasteiger partial charge on any atom is -0.471 e. The van der Waals surface area contributed by atoms with Gasteiger partial charge in [-0.3, -0.25) is 4.79 Å². The molecule has 11 heteroatoms. The number of aliphatic hydroxyl groups excluding tert-OH is 1. The van der Waals surface area contributed by atoms with Crippen LogP contribution in [-0.2, 0) is 35.0 Å². The normalized spacial score (nSPS) is 27.3. The first-order valence-corrected chi connectivity index (χ1v) is 17.0. The summed E-state index contributed by atoms with van der Waals surface area (Å²) in [4.78, 5) is 11.9. The summed E-state index contributed by atoms with van der Waals surface area (Å²) in [7, 11) is 0. The Morgan fingerprint density at radius 1 is 1.02 bits per heavy atom. The van der Waals surface area contributed by atoms with Crippen molar-refractivity contribution in [2.24, 2.45) is 11.8 Å². The maximum atomic E-state index is 11.9. The molecule has 1 saturated carbocycles. The van der Waals surface area contributed by atoms with E-state index in [4.69, 9.17) is 52.6 Å². The number of benzene rings is 1. The van der Waals surface area contributed by atoms with Crippen LogP contribution in [0.1, 0.15) is 76.2 Å². The summed E-state index contributed by atoms with van der Waals surface area (Å²) >= 11 is 11.7. The fraction of sp³-hybridized carbons (Fsp3) is 0.697. The zero-order chi connectivity index (χ0) is 31.0. The first-order chi connectivity index (χ1) is 21.5. The van der Waals surface area contributed by atoms with E-state index in [1.165, 1.54) is 0 Å². The van der Waals surface area contributed by atoms with Gasteiger partial charge in [-0.05, 0) is 93.6 Å². The van der Waals surface area contributed by atoms with Gasteiger partial charge in [0.2, 0.25) is 5.91 Å². The van der Waals surface area contributed by atoms with Crippen LogP contribution in [-0.4, -0.2) is 73.9 Å². The van der Waals surface area contributed by atoms with E-state index in [1.54, 1.807) is 0 Å². The molecule has 4 rings (SSSR count). The van der Waals surface area contributed by atoms with Crippen molar-refractivity contribution < 1.29 is 33.6 Å². The highest BCUT2D eigenvalue weighted by atomic mass is 35.5. The van der Waals surface area contributed by atoms with E-state index in [2.05, 4.69) is 22.8 Å². The van der Waals surface area contributed by atoms with Crippen LogP contribution in [0.15, 0.2) is 36.4 Å². The van der Waals surface area contributed by atoms with E-state index >= 15 is 0 Å². The molecular formula is C33H49ClN2O7S. The van der Waals surface area contributed by atoms with Crippen LogP contribution in [0.4, 0.5) is 0 Å². The van der Waals surface area contributed by atoms with Crippen molar-refractivity contribution in [2.45, 2.75) is 102 Å². The summed E-state index contributed by atoms with van der Waals surface area (Å²) in [6.07, 6.45) is 13.4. The van der Waals surface area contributed by atoms with Gasteiger partial charge in [-0.2, -0.15) is 0 Å². The number of rotatable bonds is 16. The zero-order valence-electron chi connectivity index (χ0n) is 25.6. The Bertz CT molecular complexity index is 1040. The van der Waals surface area contributed by atoms with Gasteiger partial charge >= 0.3 is 0 Å². The number of ether oxygens (including phenoxy) is 5. The third-order valence-electron chi connectivity index (χ3n) is 8.41. The maximum absolute atomic E-state index is 11.9. The van der Waals surface area contributed by atoms with Crippen molar-refractivity contribution >= 4 is 34.9 Å². The molecule has 2 heterocycles. The topological polar surface area (TPSA) is 108 Å². The molecule has 0 spiro atoms. The SMILES string of the molecule is O=C(CCCC=CC[C@@H]1C(COC(=S)NCc2cccc(Cl)c2)[C@H](OC2CCCCO2)C[C@@H]1OC1CCCCO1)NCCO. The number of carbonyl (C=O) groups is 1. The summed E-state index contributed by atoms with van der Waals surface area (Å²) in [5, 5.41) is 15.8. The third-order valence-corrected chi connectivity index (χ3v) is 8.91. The van der Waals surface area contributed by atoms with Gasteiger partial charge in [-0.1, -0.05) is 35.9 Å². The van der Waals surface area contributed by atoms with Gasteiger partial charge in [0.05, 0.1) is 25.4 Å². The quantitative estimate of drug-likeness (QED) is 0.123. The minimum absolute atomic E-state index is 0.0359. The molecule has 44 heavy (non-hydrogen) atoms. The van der Waals surface area contributed by atoms with E-state index in [-0.39, 0.29) is 49.1 Å². The molecule has 1 aliphatic carbocycles. The number of halogens is 1. The first kappa shape index (κ1) is 35.1. The largest absolute Gasteiger partial charge is 0.471 e. The van der Waals surface area contributed by atoms with Gasteiger partial charge in [-0.25, -0.2) is 0 Å². The number of hydrogen-bond acceptors (Lipinski definition) is 8. The minimum atomic E-state index is -0.220. The zero-order valence-corrected chi connectivity index (χ0v) is 27.2. The molecule has 2 saturated heterocycles. The molecule has 3 fully saturated rings. The number of carbonyl (C=O) groups excluding carboxylic acids is 1. The number of hydrogen-bond donors (Lipinski definition) is 3. The molecule has 0 radical (unpaired) electrons. The fourth-order valence-corrected chi connectivity index (χ4v) is 6.46. The molecule has 3 unspecified atom stereocenters.